The highest BCUT2D eigenvalue weighted by Crippen LogP contribution is 2.37. The topological polar surface area (TPSA) is 75.8 Å². The second kappa shape index (κ2) is 9.65. The summed E-state index contributed by atoms with van der Waals surface area (Å²) in [5.41, 5.74) is -0.344. The van der Waals surface area contributed by atoms with Crippen molar-refractivity contribution in [1.29, 1.82) is 0 Å². The van der Waals surface area contributed by atoms with Crippen molar-refractivity contribution in [3.05, 3.63) is 70.9 Å². The van der Waals surface area contributed by atoms with Crippen molar-refractivity contribution >= 4 is 45.2 Å². The van der Waals surface area contributed by atoms with Crippen LogP contribution in [0.3, 0.4) is 0 Å². The minimum Gasteiger partial charge on any atom is -0.444 e. The molecule has 4 aromatic rings. The van der Waals surface area contributed by atoms with E-state index < -0.39 is 29.5 Å². The van der Waals surface area contributed by atoms with Crippen LogP contribution in [0, 0.1) is 18.2 Å². The maximum atomic E-state index is 15.9. The lowest BCUT2D eigenvalue weighted by molar-refractivity contribution is 0.0181. The van der Waals surface area contributed by atoms with E-state index in [-0.39, 0.29) is 29.3 Å². The van der Waals surface area contributed by atoms with Gasteiger partial charge in [-0.05, 0) is 32.2 Å². The highest BCUT2D eigenvalue weighted by Gasteiger charge is 2.38. The van der Waals surface area contributed by atoms with E-state index in [2.05, 4.69) is 19.8 Å². The summed E-state index contributed by atoms with van der Waals surface area (Å²) in [6.07, 6.45) is 1.33. The van der Waals surface area contributed by atoms with Crippen LogP contribution in [0.25, 0.3) is 37.8 Å². The van der Waals surface area contributed by atoms with Crippen LogP contribution in [0.1, 0.15) is 20.8 Å². The summed E-state index contributed by atoms with van der Waals surface area (Å²) in [7, 11) is 0. The number of amides is 1. The third-order valence-corrected chi connectivity index (χ3v) is 6.59. The Hall–Kier alpha value is -4.10. The molecule has 38 heavy (non-hydrogen) atoms. The molecule has 2 aromatic carbocycles. The van der Waals surface area contributed by atoms with E-state index in [1.807, 2.05) is 0 Å². The number of hydrogen-bond acceptors (Lipinski definition) is 6. The Morgan fingerprint density at radius 3 is 2.68 bits per heavy atom. The van der Waals surface area contributed by atoms with Gasteiger partial charge in [-0.15, -0.1) is 0 Å². The number of aromatic nitrogens is 3. The van der Waals surface area contributed by atoms with Gasteiger partial charge in [-0.1, -0.05) is 35.9 Å². The Morgan fingerprint density at radius 2 is 1.95 bits per heavy atom. The fourth-order valence-electron chi connectivity index (χ4n) is 4.53. The van der Waals surface area contributed by atoms with E-state index in [0.29, 0.717) is 34.1 Å². The molecule has 1 aliphatic heterocycles. The summed E-state index contributed by atoms with van der Waals surface area (Å²) in [5.74, 6) is -0.919. The molecule has 1 aliphatic rings. The molecule has 0 bridgehead atoms. The van der Waals surface area contributed by atoms with Crippen molar-refractivity contribution < 1.29 is 18.3 Å². The molecular weight excluding hydrogens is 514 g/mol. The Kier molecular flexibility index (Phi) is 6.49. The van der Waals surface area contributed by atoms with Gasteiger partial charge in [-0.3, -0.25) is 9.83 Å². The predicted molar refractivity (Wildman–Crippen MR) is 141 cm³/mol. The van der Waals surface area contributed by atoms with Gasteiger partial charge in [0.05, 0.1) is 10.4 Å². The molecular formula is C27H23ClF2N6O2. The lowest BCUT2D eigenvalue weighted by Gasteiger charge is -2.36. The van der Waals surface area contributed by atoms with Crippen molar-refractivity contribution in [1.82, 2.24) is 19.9 Å². The second-order valence-corrected chi connectivity index (χ2v) is 10.3. The summed E-state index contributed by atoms with van der Waals surface area (Å²) in [4.78, 5) is 32.3. The number of ether oxygens (including phenoxy) is 1. The van der Waals surface area contributed by atoms with Gasteiger partial charge in [0, 0.05) is 30.2 Å². The van der Waals surface area contributed by atoms with E-state index >= 15 is 4.39 Å². The van der Waals surface area contributed by atoms with Crippen molar-refractivity contribution in [3.8, 4) is 11.3 Å². The molecule has 0 N–H and O–H groups in total. The first kappa shape index (κ1) is 25.5. The van der Waals surface area contributed by atoms with Gasteiger partial charge >= 0.3 is 12.3 Å². The molecule has 2 aromatic heterocycles. The normalized spacial score (nSPS) is 16.1. The summed E-state index contributed by atoms with van der Waals surface area (Å²) in [5, 5.41) is 1.23. The van der Waals surface area contributed by atoms with Gasteiger partial charge in [0.2, 0.25) is 0 Å². The maximum Gasteiger partial charge on any atom is 0.416 e. The highest BCUT2D eigenvalue weighted by atomic mass is 35.5. The molecule has 0 radical (unpaired) electrons. The number of anilines is 1. The molecule has 8 nitrogen and oxygen atoms in total. The zero-order chi connectivity index (χ0) is 27.2. The molecule has 0 aliphatic carbocycles. The summed E-state index contributed by atoms with van der Waals surface area (Å²) >= 11 is 6.26. The van der Waals surface area contributed by atoms with Gasteiger partial charge in [0.25, 0.3) is 0 Å². The van der Waals surface area contributed by atoms with Crippen molar-refractivity contribution in [2.45, 2.75) is 32.5 Å². The average Bonchev–Trinajstić information content (AvgIpc) is 2.89. The number of nitrogens with zero attached hydrogens (tertiary/aromatic N) is 6. The minimum atomic E-state index is -0.812. The molecule has 11 heteroatoms. The first-order chi connectivity index (χ1) is 18.1. The van der Waals surface area contributed by atoms with Gasteiger partial charge in [0.15, 0.2) is 5.82 Å². The van der Waals surface area contributed by atoms with Crippen LogP contribution in [0.15, 0.2) is 42.9 Å². The first-order valence-electron chi connectivity index (χ1n) is 11.9. The molecule has 0 spiro atoms. The molecule has 1 saturated heterocycles. The zero-order valence-corrected chi connectivity index (χ0v) is 21.6. The minimum absolute atomic E-state index is 0.0194. The van der Waals surface area contributed by atoms with Gasteiger partial charge in [-0.2, -0.15) is 0 Å². The number of halogens is 3. The number of rotatable bonds is 2. The molecule has 1 atom stereocenters. The monoisotopic (exact) mass is 536 g/mol. The van der Waals surface area contributed by atoms with Crippen LogP contribution in [0.4, 0.5) is 19.4 Å². The summed E-state index contributed by atoms with van der Waals surface area (Å²) < 4.78 is 35.6. The standard InChI is InChI=1S/C27H23ClF2N6O2/c1-27(2,3)38-26(37)36-11-10-35(13-19(36)31-4)25-17-12-32-23(22(30)24(17)33-14-34-25)16-7-5-6-15-8-9-18(29)21(28)20(15)16/h5-9,12,14,19H,10-11,13H2,1-3H3. The number of pyridine rings is 1. The summed E-state index contributed by atoms with van der Waals surface area (Å²) in [6, 6.07) is 7.94. The molecule has 3 heterocycles. The van der Waals surface area contributed by atoms with Gasteiger partial charge < -0.3 is 9.64 Å². The fraction of sp³-hybridized carbons (Fsp3) is 0.296. The van der Waals surface area contributed by atoms with Crippen molar-refractivity contribution in [2.75, 3.05) is 24.5 Å². The number of carbonyl (C=O) groups is 1. The Labute approximate surface area is 222 Å². The fourth-order valence-corrected chi connectivity index (χ4v) is 4.80. The Morgan fingerprint density at radius 1 is 1.16 bits per heavy atom. The van der Waals surface area contributed by atoms with Crippen molar-refractivity contribution in [2.24, 2.45) is 0 Å². The number of fused-ring (bicyclic) bond motifs is 2. The van der Waals surface area contributed by atoms with E-state index in [0.717, 1.165) is 0 Å². The van der Waals surface area contributed by atoms with E-state index in [1.54, 1.807) is 49.9 Å². The molecule has 194 valence electrons. The zero-order valence-electron chi connectivity index (χ0n) is 20.9. The molecule has 1 unspecified atom stereocenters. The lowest BCUT2D eigenvalue weighted by atomic mass is 10.0. The maximum absolute atomic E-state index is 15.9. The second-order valence-electron chi connectivity index (χ2n) is 9.87. The number of carbonyl (C=O) groups excluding carboxylic acids is 1. The van der Waals surface area contributed by atoms with Gasteiger partial charge in [0.1, 0.15) is 41.3 Å². The smallest absolute Gasteiger partial charge is 0.416 e. The SMILES string of the molecule is [C-]#[N+]C1CN(c2ncnc3c(F)c(-c4cccc5ccc(F)c(Cl)c45)ncc23)CCN1C(=O)OC(C)(C)C. The van der Waals surface area contributed by atoms with Crippen LogP contribution in [0.2, 0.25) is 5.02 Å². The van der Waals surface area contributed by atoms with E-state index in [4.69, 9.17) is 22.9 Å². The first-order valence-corrected chi connectivity index (χ1v) is 12.2. The highest BCUT2D eigenvalue weighted by molar-refractivity contribution is 6.36. The molecule has 0 saturated carbocycles. The number of benzene rings is 2. The van der Waals surface area contributed by atoms with Crippen LogP contribution < -0.4 is 4.90 Å². The Balaban J connectivity index is 1.52. The Bertz CT molecular complexity index is 1620. The van der Waals surface area contributed by atoms with E-state index in [1.165, 1.54) is 23.5 Å². The largest absolute Gasteiger partial charge is 0.444 e. The quantitative estimate of drug-likeness (QED) is 0.289. The van der Waals surface area contributed by atoms with Crippen LogP contribution in [-0.4, -0.2) is 57.3 Å². The van der Waals surface area contributed by atoms with Gasteiger partial charge in [-0.25, -0.2) is 35.0 Å². The van der Waals surface area contributed by atoms with E-state index in [9.17, 15) is 9.18 Å². The molecule has 1 fully saturated rings. The number of hydrogen-bond donors (Lipinski definition) is 0. The third kappa shape index (κ3) is 4.54. The molecule has 5 rings (SSSR count). The van der Waals surface area contributed by atoms with Crippen LogP contribution in [-0.2, 0) is 4.74 Å². The number of piperazine rings is 1. The van der Waals surface area contributed by atoms with Crippen LogP contribution >= 0.6 is 11.6 Å². The summed E-state index contributed by atoms with van der Waals surface area (Å²) in [6.45, 7) is 13.6. The van der Waals surface area contributed by atoms with Crippen LogP contribution in [0.5, 0.6) is 0 Å². The molecule has 1 amide bonds. The lowest BCUT2D eigenvalue weighted by Crippen LogP contribution is -2.55. The van der Waals surface area contributed by atoms with Crippen molar-refractivity contribution in [3.63, 3.8) is 0 Å². The third-order valence-electron chi connectivity index (χ3n) is 6.22. The average molecular weight is 537 g/mol. The predicted octanol–water partition coefficient (Wildman–Crippen LogP) is 6.08.